The van der Waals surface area contributed by atoms with Gasteiger partial charge in [-0.15, -0.1) is 0 Å². The molecule has 2 aliphatic rings. The SMILES string of the molecule is CCOc1ccc(NC(=O)[C@@H]2CC(=O)Nc3nc(N4[C@@H](C)CCC[C@@H]4C)[nH]c(=O)c32)cc1. The number of carbonyl (C=O) groups excluding carboxylic acids is 2. The first kappa shape index (κ1) is 21.9. The molecule has 0 spiro atoms. The number of hydrogen-bond donors (Lipinski definition) is 3. The molecule has 0 radical (unpaired) electrons. The van der Waals surface area contributed by atoms with Crippen LogP contribution in [0.2, 0.25) is 0 Å². The van der Waals surface area contributed by atoms with E-state index in [1.54, 1.807) is 24.3 Å². The highest BCUT2D eigenvalue weighted by atomic mass is 16.5. The van der Waals surface area contributed by atoms with Gasteiger partial charge in [0.25, 0.3) is 5.56 Å². The number of piperidine rings is 1. The van der Waals surface area contributed by atoms with Gasteiger partial charge >= 0.3 is 0 Å². The summed E-state index contributed by atoms with van der Waals surface area (Å²) in [7, 11) is 0. The van der Waals surface area contributed by atoms with Crippen LogP contribution in [0.25, 0.3) is 0 Å². The van der Waals surface area contributed by atoms with E-state index in [9.17, 15) is 14.4 Å². The first-order chi connectivity index (χ1) is 15.4. The second kappa shape index (κ2) is 9.02. The summed E-state index contributed by atoms with van der Waals surface area (Å²) in [5.74, 6) is -0.398. The molecule has 1 fully saturated rings. The summed E-state index contributed by atoms with van der Waals surface area (Å²) in [5.41, 5.74) is 0.346. The maximum Gasteiger partial charge on any atom is 0.258 e. The van der Waals surface area contributed by atoms with Gasteiger partial charge in [0.15, 0.2) is 0 Å². The minimum atomic E-state index is -0.924. The van der Waals surface area contributed by atoms with E-state index in [1.807, 2.05) is 6.92 Å². The molecule has 2 amide bonds. The maximum atomic E-state index is 13.1. The molecule has 3 N–H and O–H groups in total. The Hall–Kier alpha value is -3.36. The third-order valence-corrected chi connectivity index (χ3v) is 6.13. The van der Waals surface area contributed by atoms with Gasteiger partial charge in [-0.2, -0.15) is 4.98 Å². The van der Waals surface area contributed by atoms with E-state index in [2.05, 4.69) is 39.3 Å². The molecule has 32 heavy (non-hydrogen) atoms. The van der Waals surface area contributed by atoms with E-state index in [1.165, 1.54) is 0 Å². The van der Waals surface area contributed by atoms with E-state index >= 15 is 0 Å². The van der Waals surface area contributed by atoms with Crippen molar-refractivity contribution in [3.8, 4) is 5.75 Å². The molecular weight excluding hydrogens is 410 g/mol. The molecule has 2 aliphatic heterocycles. The van der Waals surface area contributed by atoms with Gasteiger partial charge in [-0.05, 0) is 64.3 Å². The van der Waals surface area contributed by atoms with Gasteiger partial charge in [0, 0.05) is 24.2 Å². The Labute approximate surface area is 186 Å². The van der Waals surface area contributed by atoms with Crippen LogP contribution in [0, 0.1) is 0 Å². The standard InChI is InChI=1S/C23H29N5O4/c1-4-32-16-10-8-15(9-11-16)24-21(30)17-12-18(29)25-20-19(17)22(31)27-23(26-20)28-13(2)6-5-7-14(28)3/h8-11,13-14,17H,4-7,12H2,1-3H3,(H,24,30)(H2,25,26,27,29,31)/t13-,14-,17+/m0/s1. The molecule has 170 valence electrons. The molecule has 0 bridgehead atoms. The van der Waals surface area contributed by atoms with Crippen LogP contribution in [0.5, 0.6) is 5.75 Å². The minimum Gasteiger partial charge on any atom is -0.494 e. The van der Waals surface area contributed by atoms with Crippen LogP contribution in [-0.2, 0) is 9.59 Å². The van der Waals surface area contributed by atoms with Crippen LogP contribution in [0.4, 0.5) is 17.5 Å². The Morgan fingerprint density at radius 1 is 1.19 bits per heavy atom. The first-order valence-corrected chi connectivity index (χ1v) is 11.1. The third kappa shape index (κ3) is 4.32. The molecule has 1 aromatic carbocycles. The second-order valence-corrected chi connectivity index (χ2v) is 8.44. The number of carbonyl (C=O) groups is 2. The number of H-pyrrole nitrogens is 1. The molecule has 3 atom stereocenters. The van der Waals surface area contributed by atoms with Gasteiger partial charge in [-0.1, -0.05) is 0 Å². The monoisotopic (exact) mass is 439 g/mol. The van der Waals surface area contributed by atoms with Crippen LogP contribution in [0.1, 0.15) is 57.9 Å². The van der Waals surface area contributed by atoms with Crippen molar-refractivity contribution in [1.29, 1.82) is 0 Å². The largest absolute Gasteiger partial charge is 0.494 e. The van der Waals surface area contributed by atoms with E-state index in [0.717, 1.165) is 19.3 Å². The molecule has 0 saturated carbocycles. The highest BCUT2D eigenvalue weighted by Crippen LogP contribution is 2.32. The molecule has 9 nitrogen and oxygen atoms in total. The van der Waals surface area contributed by atoms with Gasteiger partial charge in [0.05, 0.1) is 18.1 Å². The quantitative estimate of drug-likeness (QED) is 0.659. The molecule has 1 saturated heterocycles. The summed E-state index contributed by atoms with van der Waals surface area (Å²) in [5, 5.41) is 5.48. The van der Waals surface area contributed by atoms with Gasteiger partial charge in [0.2, 0.25) is 17.8 Å². The average molecular weight is 440 g/mol. The lowest BCUT2D eigenvalue weighted by Gasteiger charge is -2.39. The minimum absolute atomic E-state index is 0.115. The smallest absolute Gasteiger partial charge is 0.258 e. The number of aromatic nitrogens is 2. The fourth-order valence-corrected chi connectivity index (χ4v) is 4.57. The lowest BCUT2D eigenvalue weighted by atomic mass is 9.92. The fraction of sp³-hybridized carbons (Fsp3) is 0.478. The molecule has 1 aromatic heterocycles. The van der Waals surface area contributed by atoms with Gasteiger partial charge in [-0.3, -0.25) is 19.4 Å². The predicted octanol–water partition coefficient (Wildman–Crippen LogP) is 3.00. The number of nitrogens with zero attached hydrogens (tertiary/aromatic N) is 2. The molecule has 4 rings (SSSR count). The zero-order chi connectivity index (χ0) is 22.8. The number of rotatable bonds is 5. The van der Waals surface area contributed by atoms with E-state index < -0.39 is 17.4 Å². The molecule has 9 heteroatoms. The lowest BCUT2D eigenvalue weighted by Crippen LogP contribution is -2.46. The van der Waals surface area contributed by atoms with Crippen molar-refractivity contribution >= 4 is 29.3 Å². The molecule has 3 heterocycles. The second-order valence-electron chi connectivity index (χ2n) is 8.44. The number of anilines is 3. The van der Waals surface area contributed by atoms with Crippen LogP contribution < -0.4 is 25.8 Å². The Balaban J connectivity index is 1.62. The topological polar surface area (TPSA) is 116 Å². The number of benzene rings is 1. The van der Waals surface area contributed by atoms with E-state index in [-0.39, 0.29) is 35.8 Å². The first-order valence-electron chi connectivity index (χ1n) is 11.1. The predicted molar refractivity (Wildman–Crippen MR) is 122 cm³/mol. The molecule has 0 aliphatic carbocycles. The van der Waals surface area contributed by atoms with Crippen molar-refractivity contribution < 1.29 is 14.3 Å². The molecule has 2 aromatic rings. The Bertz CT molecular complexity index is 1060. The molecule has 0 unspecified atom stereocenters. The Morgan fingerprint density at radius 2 is 1.88 bits per heavy atom. The van der Waals surface area contributed by atoms with Gasteiger partial charge in [0.1, 0.15) is 11.6 Å². The number of nitrogens with one attached hydrogen (secondary N) is 3. The average Bonchev–Trinajstić information content (AvgIpc) is 2.74. The summed E-state index contributed by atoms with van der Waals surface area (Å²) in [6.45, 7) is 6.64. The number of amides is 2. The zero-order valence-electron chi connectivity index (χ0n) is 18.6. The Morgan fingerprint density at radius 3 is 2.53 bits per heavy atom. The fourth-order valence-electron chi connectivity index (χ4n) is 4.57. The number of fused-ring (bicyclic) bond motifs is 1. The highest BCUT2D eigenvalue weighted by Gasteiger charge is 2.36. The Kier molecular flexibility index (Phi) is 6.16. The van der Waals surface area contributed by atoms with Crippen molar-refractivity contribution in [3.05, 3.63) is 40.2 Å². The van der Waals surface area contributed by atoms with Crippen molar-refractivity contribution in [1.82, 2.24) is 9.97 Å². The summed E-state index contributed by atoms with van der Waals surface area (Å²) in [6.07, 6.45) is 3.02. The summed E-state index contributed by atoms with van der Waals surface area (Å²) >= 11 is 0. The normalized spacial score (nSPS) is 22.7. The molecular formula is C23H29N5O4. The summed E-state index contributed by atoms with van der Waals surface area (Å²) in [4.78, 5) is 48.0. The number of ether oxygens (including phenoxy) is 1. The van der Waals surface area contributed by atoms with Crippen molar-refractivity contribution in [2.24, 2.45) is 0 Å². The van der Waals surface area contributed by atoms with Crippen molar-refractivity contribution in [2.75, 3.05) is 22.1 Å². The van der Waals surface area contributed by atoms with Crippen LogP contribution in [0.15, 0.2) is 29.1 Å². The maximum absolute atomic E-state index is 13.1. The van der Waals surface area contributed by atoms with Crippen molar-refractivity contribution in [3.63, 3.8) is 0 Å². The van der Waals surface area contributed by atoms with E-state index in [4.69, 9.17) is 4.74 Å². The third-order valence-electron chi connectivity index (χ3n) is 6.13. The summed E-state index contributed by atoms with van der Waals surface area (Å²) < 4.78 is 5.41. The van der Waals surface area contributed by atoms with Crippen LogP contribution in [-0.4, -0.2) is 40.5 Å². The zero-order valence-corrected chi connectivity index (χ0v) is 18.6. The number of aromatic amines is 1. The van der Waals surface area contributed by atoms with Crippen molar-refractivity contribution in [2.45, 2.75) is 64.5 Å². The number of hydrogen-bond acceptors (Lipinski definition) is 6. The van der Waals surface area contributed by atoms with Gasteiger partial charge in [-0.25, -0.2) is 0 Å². The van der Waals surface area contributed by atoms with Crippen LogP contribution in [0.3, 0.4) is 0 Å². The van der Waals surface area contributed by atoms with E-state index in [0.29, 0.717) is 24.0 Å². The summed E-state index contributed by atoms with van der Waals surface area (Å²) in [6, 6.07) is 7.38. The van der Waals surface area contributed by atoms with Gasteiger partial charge < -0.3 is 20.3 Å². The lowest BCUT2D eigenvalue weighted by molar-refractivity contribution is -0.123. The van der Waals surface area contributed by atoms with Crippen LogP contribution >= 0.6 is 0 Å². The highest BCUT2D eigenvalue weighted by molar-refractivity contribution is 6.04.